The van der Waals surface area contributed by atoms with Crippen LogP contribution < -0.4 is 11.1 Å². The zero-order chi connectivity index (χ0) is 23.9. The van der Waals surface area contributed by atoms with Crippen molar-refractivity contribution >= 4 is 69.4 Å². The standard InChI is InChI=1S/C18H15ClN6O6S2/c1-6-4-8(31-24-6)3-2-7-5-32-16-11(15(27)25(16)12(7)17(28)29)21-14(26)10(23-30)9-13(19)33-18(20)22-9/h2-4,11,16,30H,5H2,1H3,(H2,20,22)(H,21,26)(H,28,29)/b3-2+,23-10-/t11-,16-/m1/s1. The van der Waals surface area contributed by atoms with E-state index >= 15 is 0 Å². The van der Waals surface area contributed by atoms with Crippen LogP contribution in [0.25, 0.3) is 6.08 Å². The fraction of sp³-hybridized carbons (Fsp3) is 0.222. The summed E-state index contributed by atoms with van der Waals surface area (Å²) in [4.78, 5) is 42.3. The second kappa shape index (κ2) is 8.88. The molecule has 4 heterocycles. The van der Waals surface area contributed by atoms with Crippen molar-refractivity contribution in [1.82, 2.24) is 20.4 Å². The molecule has 15 heteroatoms. The predicted molar refractivity (Wildman–Crippen MR) is 120 cm³/mol. The van der Waals surface area contributed by atoms with Crippen molar-refractivity contribution in [3.63, 3.8) is 0 Å². The third-order valence-corrected chi connectivity index (χ3v) is 7.11. The fourth-order valence-corrected chi connectivity index (χ4v) is 5.54. The predicted octanol–water partition coefficient (Wildman–Crippen LogP) is 1.31. The fourth-order valence-electron chi connectivity index (χ4n) is 3.29. The van der Waals surface area contributed by atoms with Crippen molar-refractivity contribution in [3.8, 4) is 0 Å². The number of fused-ring (bicyclic) bond motifs is 1. The van der Waals surface area contributed by atoms with Crippen LogP contribution in [0.4, 0.5) is 5.13 Å². The molecule has 0 aromatic carbocycles. The van der Waals surface area contributed by atoms with Gasteiger partial charge in [0.25, 0.3) is 11.8 Å². The Morgan fingerprint density at radius 2 is 2.21 bits per heavy atom. The number of nitrogens with zero attached hydrogens (tertiary/aromatic N) is 4. The smallest absolute Gasteiger partial charge is 0.352 e. The Bertz CT molecular complexity index is 1250. The van der Waals surface area contributed by atoms with Gasteiger partial charge in [0.1, 0.15) is 27.1 Å². The Balaban J connectivity index is 1.53. The van der Waals surface area contributed by atoms with Crippen molar-refractivity contribution in [2.24, 2.45) is 5.16 Å². The first-order valence-corrected chi connectivity index (χ1v) is 11.4. The summed E-state index contributed by atoms with van der Waals surface area (Å²) >= 11 is 8.12. The highest BCUT2D eigenvalue weighted by atomic mass is 35.5. The molecular formula is C18H15ClN6O6S2. The van der Waals surface area contributed by atoms with Crippen LogP contribution in [0.1, 0.15) is 17.1 Å². The molecule has 0 aliphatic carbocycles. The molecule has 5 N–H and O–H groups in total. The van der Waals surface area contributed by atoms with Gasteiger partial charge < -0.3 is 25.9 Å². The SMILES string of the molecule is Cc1cc(/C=C/C2=C(C(=O)O)N3C(=O)[C@@H](NC(=O)/C(=N\O)c4nc(N)sc4Cl)[C@H]3SC2)on1. The lowest BCUT2D eigenvalue weighted by Crippen LogP contribution is -2.71. The minimum atomic E-state index is -1.28. The van der Waals surface area contributed by atoms with Crippen LogP contribution in [0, 0.1) is 6.92 Å². The minimum absolute atomic E-state index is 0.0403. The Hall–Kier alpha value is -3.36. The quantitative estimate of drug-likeness (QED) is 0.191. The van der Waals surface area contributed by atoms with Crippen molar-refractivity contribution in [1.29, 1.82) is 0 Å². The number of aliphatic carboxylic acids is 1. The van der Waals surface area contributed by atoms with Crippen molar-refractivity contribution in [2.75, 3.05) is 11.5 Å². The molecule has 2 amide bonds. The van der Waals surface area contributed by atoms with Crippen LogP contribution in [0.15, 0.2) is 33.1 Å². The Morgan fingerprint density at radius 1 is 1.45 bits per heavy atom. The van der Waals surface area contributed by atoms with E-state index in [4.69, 9.17) is 21.9 Å². The van der Waals surface area contributed by atoms with E-state index in [9.17, 15) is 24.7 Å². The second-order valence-electron chi connectivity index (χ2n) is 6.87. The number of allylic oxidation sites excluding steroid dienone is 1. The number of thioether (sulfide) groups is 1. The summed E-state index contributed by atoms with van der Waals surface area (Å²) < 4.78 is 5.12. The summed E-state index contributed by atoms with van der Waals surface area (Å²) in [7, 11) is 0. The van der Waals surface area contributed by atoms with Crippen LogP contribution in [0.5, 0.6) is 0 Å². The summed E-state index contributed by atoms with van der Waals surface area (Å²) in [5.41, 5.74) is 5.80. The number of nitrogen functional groups attached to an aromatic ring is 1. The van der Waals surface area contributed by atoms with Crippen LogP contribution in [-0.2, 0) is 14.4 Å². The largest absolute Gasteiger partial charge is 0.477 e. The number of carboxylic acids is 1. The Labute approximate surface area is 198 Å². The van der Waals surface area contributed by atoms with E-state index in [0.717, 1.165) is 16.2 Å². The van der Waals surface area contributed by atoms with E-state index < -0.39 is 34.9 Å². The summed E-state index contributed by atoms with van der Waals surface area (Å²) in [5, 5.41) is 27.5. The highest BCUT2D eigenvalue weighted by Gasteiger charge is 2.54. The number of amides is 2. The van der Waals surface area contributed by atoms with Gasteiger partial charge in [-0.15, -0.1) is 11.8 Å². The van der Waals surface area contributed by atoms with E-state index in [1.54, 1.807) is 25.1 Å². The van der Waals surface area contributed by atoms with Crippen LogP contribution in [0.3, 0.4) is 0 Å². The van der Waals surface area contributed by atoms with E-state index in [1.165, 1.54) is 11.8 Å². The minimum Gasteiger partial charge on any atom is -0.477 e. The molecular weight excluding hydrogens is 496 g/mol. The Kier molecular flexibility index (Phi) is 6.14. The molecule has 4 rings (SSSR count). The molecule has 0 unspecified atom stereocenters. The first kappa shape index (κ1) is 22.8. The molecule has 33 heavy (non-hydrogen) atoms. The van der Waals surface area contributed by atoms with Crippen molar-refractivity contribution in [3.05, 3.63) is 44.9 Å². The molecule has 12 nitrogen and oxygen atoms in total. The topological polar surface area (TPSA) is 184 Å². The number of carboxylic acid groups (broad SMARTS) is 1. The average molecular weight is 511 g/mol. The molecule has 2 aliphatic heterocycles. The van der Waals surface area contributed by atoms with Gasteiger partial charge in [0.15, 0.2) is 16.6 Å². The van der Waals surface area contributed by atoms with Crippen LogP contribution >= 0.6 is 34.7 Å². The maximum Gasteiger partial charge on any atom is 0.352 e. The number of rotatable bonds is 6. The highest BCUT2D eigenvalue weighted by molar-refractivity contribution is 8.00. The highest BCUT2D eigenvalue weighted by Crippen LogP contribution is 2.41. The van der Waals surface area contributed by atoms with E-state index in [-0.39, 0.29) is 26.6 Å². The summed E-state index contributed by atoms with van der Waals surface area (Å²) in [6.45, 7) is 1.75. The van der Waals surface area contributed by atoms with Gasteiger partial charge in [-0.05, 0) is 18.6 Å². The number of aromatic nitrogens is 2. The van der Waals surface area contributed by atoms with Gasteiger partial charge in [-0.25, -0.2) is 9.78 Å². The van der Waals surface area contributed by atoms with E-state index in [2.05, 4.69) is 20.6 Å². The number of hydrogen-bond donors (Lipinski definition) is 4. The molecule has 0 radical (unpaired) electrons. The first-order chi connectivity index (χ1) is 15.7. The number of thiazole rings is 1. The third kappa shape index (κ3) is 4.19. The normalized spacial score (nSPS) is 20.7. The number of carbonyl (C=O) groups is 3. The average Bonchev–Trinajstić information content (AvgIpc) is 3.34. The number of oxime groups is 1. The zero-order valence-electron chi connectivity index (χ0n) is 16.7. The molecule has 0 saturated carbocycles. The summed E-state index contributed by atoms with van der Waals surface area (Å²) in [6, 6.07) is 0.643. The van der Waals surface area contributed by atoms with E-state index in [1.807, 2.05) is 0 Å². The first-order valence-electron chi connectivity index (χ1n) is 9.19. The maximum atomic E-state index is 12.8. The number of hydrogen-bond acceptors (Lipinski definition) is 11. The molecule has 2 aromatic heterocycles. The lowest BCUT2D eigenvalue weighted by atomic mass is 10.0. The van der Waals surface area contributed by atoms with Gasteiger partial charge in [0, 0.05) is 11.8 Å². The van der Waals surface area contributed by atoms with Crippen LogP contribution in [0.2, 0.25) is 4.34 Å². The molecule has 2 aromatic rings. The van der Waals surface area contributed by atoms with Crippen LogP contribution in [-0.4, -0.2) is 66.0 Å². The van der Waals surface area contributed by atoms with Crippen molar-refractivity contribution < 1.29 is 29.2 Å². The maximum absolute atomic E-state index is 12.8. The monoisotopic (exact) mass is 510 g/mol. The Morgan fingerprint density at radius 3 is 2.79 bits per heavy atom. The molecule has 1 fully saturated rings. The molecule has 0 bridgehead atoms. The molecule has 0 spiro atoms. The number of β-lactam (4-membered cyclic amide) rings is 1. The number of nitrogens with two attached hydrogens (primary N) is 1. The molecule has 172 valence electrons. The number of nitrogens with one attached hydrogen (secondary N) is 1. The molecule has 1 saturated heterocycles. The van der Waals surface area contributed by atoms with Gasteiger partial charge in [-0.1, -0.05) is 39.3 Å². The lowest BCUT2D eigenvalue weighted by molar-refractivity contribution is -0.150. The van der Waals surface area contributed by atoms with Gasteiger partial charge in [0.05, 0.1) is 5.69 Å². The third-order valence-electron chi connectivity index (χ3n) is 4.72. The number of halogens is 1. The van der Waals surface area contributed by atoms with Gasteiger partial charge >= 0.3 is 5.97 Å². The van der Waals surface area contributed by atoms with Crippen molar-refractivity contribution in [2.45, 2.75) is 18.3 Å². The van der Waals surface area contributed by atoms with E-state index in [0.29, 0.717) is 17.0 Å². The van der Waals surface area contributed by atoms with Gasteiger partial charge in [0.2, 0.25) is 0 Å². The number of carbonyl (C=O) groups excluding carboxylic acids is 2. The van der Waals surface area contributed by atoms with Gasteiger partial charge in [-0.2, -0.15) is 0 Å². The summed E-state index contributed by atoms with van der Waals surface area (Å²) in [5.74, 6) is -2.11. The number of anilines is 1. The second-order valence-corrected chi connectivity index (χ2v) is 9.60. The lowest BCUT2D eigenvalue weighted by Gasteiger charge is -2.49. The molecule has 2 atom stereocenters. The molecule has 2 aliphatic rings. The summed E-state index contributed by atoms with van der Waals surface area (Å²) in [6.07, 6.45) is 3.12. The number of aryl methyl sites for hydroxylation is 1. The van der Waals surface area contributed by atoms with Gasteiger partial charge in [-0.3, -0.25) is 14.5 Å². The zero-order valence-corrected chi connectivity index (χ0v) is 19.1.